The summed E-state index contributed by atoms with van der Waals surface area (Å²) >= 11 is 0. The summed E-state index contributed by atoms with van der Waals surface area (Å²) in [5.41, 5.74) is 1.08. The molecule has 1 atom stereocenters. The van der Waals surface area contributed by atoms with Crippen LogP contribution < -0.4 is 0 Å². The van der Waals surface area contributed by atoms with Crippen molar-refractivity contribution in [2.24, 2.45) is 0 Å². The molecule has 0 bridgehead atoms. The quantitative estimate of drug-likeness (QED) is 0.468. The van der Waals surface area contributed by atoms with Gasteiger partial charge in [-0.05, 0) is 12.5 Å². The van der Waals surface area contributed by atoms with Gasteiger partial charge in [-0.25, -0.2) is 4.79 Å². The first-order chi connectivity index (χ1) is 9.36. The van der Waals surface area contributed by atoms with Crippen LogP contribution in [-0.2, 0) is 19.1 Å². The lowest BCUT2D eigenvalue weighted by atomic mass is 10.0. The van der Waals surface area contributed by atoms with Gasteiger partial charge in [-0.15, -0.1) is 0 Å². The van der Waals surface area contributed by atoms with Gasteiger partial charge in [0, 0.05) is 12.5 Å². The van der Waals surface area contributed by atoms with Gasteiger partial charge in [-0.1, -0.05) is 30.8 Å². The lowest BCUT2D eigenvalue weighted by Crippen LogP contribution is -2.17. The van der Waals surface area contributed by atoms with Crippen molar-refractivity contribution >= 4 is 17.7 Å². The summed E-state index contributed by atoms with van der Waals surface area (Å²) in [5, 5.41) is 0. The molecule has 1 aromatic carbocycles. The first kappa shape index (κ1) is 15.6. The van der Waals surface area contributed by atoms with Crippen molar-refractivity contribution < 1.29 is 23.9 Å². The molecule has 106 valence electrons. The largest absolute Gasteiger partial charge is 0.466 e. The van der Waals surface area contributed by atoms with E-state index in [-0.39, 0.29) is 11.4 Å². The minimum atomic E-state index is -0.930. The molecule has 0 saturated heterocycles. The number of hydrogen-bond donors (Lipinski definition) is 0. The van der Waals surface area contributed by atoms with Crippen molar-refractivity contribution in [1.29, 1.82) is 0 Å². The van der Waals surface area contributed by atoms with E-state index < -0.39 is 18.0 Å². The predicted octanol–water partition coefficient (Wildman–Crippen LogP) is 2.22. The van der Waals surface area contributed by atoms with E-state index >= 15 is 0 Å². The highest BCUT2D eigenvalue weighted by molar-refractivity contribution is 5.94. The number of hydrogen-bond acceptors (Lipinski definition) is 5. The van der Waals surface area contributed by atoms with Crippen LogP contribution in [0.3, 0.4) is 0 Å². The van der Waals surface area contributed by atoms with E-state index in [0.29, 0.717) is 11.1 Å². The number of carbonyl (C=O) groups is 3. The standard InChI is InChI=1S/C15H16O5/c1-9(15(18)19-4)14(20-11(3)17)13-7-5-12(6-8-13)10(2)16/h5-8,14H,1H2,2-4H3. The minimum absolute atomic E-state index is 0.0123. The van der Waals surface area contributed by atoms with Gasteiger partial charge < -0.3 is 9.47 Å². The highest BCUT2D eigenvalue weighted by atomic mass is 16.6. The van der Waals surface area contributed by atoms with Crippen molar-refractivity contribution in [3.8, 4) is 0 Å². The summed E-state index contributed by atoms with van der Waals surface area (Å²) in [6.45, 7) is 6.28. The molecule has 1 aromatic rings. The monoisotopic (exact) mass is 276 g/mol. The van der Waals surface area contributed by atoms with Crippen LogP contribution in [0.5, 0.6) is 0 Å². The minimum Gasteiger partial charge on any atom is -0.466 e. The smallest absolute Gasteiger partial charge is 0.337 e. The number of carbonyl (C=O) groups excluding carboxylic acids is 3. The Labute approximate surface area is 117 Å². The predicted molar refractivity (Wildman–Crippen MR) is 72.1 cm³/mol. The van der Waals surface area contributed by atoms with Gasteiger partial charge in [-0.2, -0.15) is 0 Å². The Morgan fingerprint density at radius 1 is 1.10 bits per heavy atom. The maximum Gasteiger partial charge on any atom is 0.337 e. The molecule has 0 radical (unpaired) electrons. The third-order valence-electron chi connectivity index (χ3n) is 2.67. The number of Topliss-reactive ketones (excluding diaryl/α,β-unsaturated/α-hetero) is 1. The highest BCUT2D eigenvalue weighted by Gasteiger charge is 2.24. The zero-order chi connectivity index (χ0) is 15.3. The van der Waals surface area contributed by atoms with Gasteiger partial charge in [-0.3, -0.25) is 9.59 Å². The zero-order valence-electron chi connectivity index (χ0n) is 11.6. The highest BCUT2D eigenvalue weighted by Crippen LogP contribution is 2.26. The van der Waals surface area contributed by atoms with E-state index in [0.717, 1.165) is 0 Å². The molecule has 0 aliphatic carbocycles. The Bertz CT molecular complexity index is 542. The molecular weight excluding hydrogens is 260 g/mol. The number of esters is 2. The second kappa shape index (κ2) is 6.65. The number of benzene rings is 1. The molecule has 0 heterocycles. The summed E-state index contributed by atoms with van der Waals surface area (Å²) < 4.78 is 9.67. The van der Waals surface area contributed by atoms with Gasteiger partial charge in [0.1, 0.15) is 0 Å². The summed E-state index contributed by atoms with van der Waals surface area (Å²) in [5.74, 6) is -1.28. The van der Waals surface area contributed by atoms with E-state index in [9.17, 15) is 14.4 Å². The molecule has 1 unspecified atom stereocenters. The van der Waals surface area contributed by atoms with Crippen LogP contribution in [0.4, 0.5) is 0 Å². The Hall–Kier alpha value is -2.43. The van der Waals surface area contributed by atoms with Crippen LogP contribution in [0.2, 0.25) is 0 Å². The molecule has 0 aromatic heterocycles. The third-order valence-corrected chi connectivity index (χ3v) is 2.67. The molecule has 0 saturated carbocycles. The fourth-order valence-electron chi connectivity index (χ4n) is 1.64. The molecule has 0 aliphatic rings. The van der Waals surface area contributed by atoms with E-state index in [1.165, 1.54) is 21.0 Å². The number of rotatable bonds is 5. The SMILES string of the molecule is C=C(C(=O)OC)C(OC(C)=O)c1ccc(C(C)=O)cc1. The van der Waals surface area contributed by atoms with Crippen LogP contribution in [-0.4, -0.2) is 24.8 Å². The van der Waals surface area contributed by atoms with Gasteiger partial charge in [0.15, 0.2) is 11.9 Å². The fourth-order valence-corrected chi connectivity index (χ4v) is 1.64. The molecule has 0 aliphatic heterocycles. The Morgan fingerprint density at radius 3 is 2.05 bits per heavy atom. The van der Waals surface area contributed by atoms with Gasteiger partial charge in [0.25, 0.3) is 0 Å². The van der Waals surface area contributed by atoms with E-state index in [1.807, 2.05) is 0 Å². The summed E-state index contributed by atoms with van der Waals surface area (Å²) in [4.78, 5) is 33.9. The molecule has 1 rings (SSSR count). The lowest BCUT2D eigenvalue weighted by Gasteiger charge is -2.18. The molecular formula is C15H16O5. The Kier molecular flexibility index (Phi) is 5.20. The second-order valence-corrected chi connectivity index (χ2v) is 4.18. The molecule has 0 fully saturated rings. The fraction of sp³-hybridized carbons (Fsp3) is 0.267. The molecule has 0 N–H and O–H groups in total. The number of methoxy groups -OCH3 is 1. The van der Waals surface area contributed by atoms with Crippen LogP contribution in [0.25, 0.3) is 0 Å². The average Bonchev–Trinajstić information content (AvgIpc) is 2.43. The van der Waals surface area contributed by atoms with E-state index in [4.69, 9.17) is 4.74 Å². The molecule has 5 heteroatoms. The van der Waals surface area contributed by atoms with Crippen molar-refractivity contribution in [3.63, 3.8) is 0 Å². The summed E-state index contributed by atoms with van der Waals surface area (Å²) in [6.07, 6.45) is -0.930. The lowest BCUT2D eigenvalue weighted by molar-refractivity contribution is -0.147. The maximum atomic E-state index is 11.5. The summed E-state index contributed by atoms with van der Waals surface area (Å²) in [7, 11) is 1.22. The topological polar surface area (TPSA) is 69.7 Å². The first-order valence-electron chi connectivity index (χ1n) is 5.92. The van der Waals surface area contributed by atoms with Gasteiger partial charge in [0.05, 0.1) is 12.7 Å². The first-order valence-corrected chi connectivity index (χ1v) is 5.92. The van der Waals surface area contributed by atoms with Crippen molar-refractivity contribution in [2.45, 2.75) is 20.0 Å². The van der Waals surface area contributed by atoms with Crippen LogP contribution >= 0.6 is 0 Å². The third kappa shape index (κ3) is 3.78. The maximum absolute atomic E-state index is 11.5. The molecule has 20 heavy (non-hydrogen) atoms. The van der Waals surface area contributed by atoms with Crippen LogP contribution in [0.15, 0.2) is 36.4 Å². The van der Waals surface area contributed by atoms with Crippen molar-refractivity contribution in [1.82, 2.24) is 0 Å². The summed E-state index contributed by atoms with van der Waals surface area (Å²) in [6, 6.07) is 6.41. The molecule has 5 nitrogen and oxygen atoms in total. The zero-order valence-corrected chi connectivity index (χ0v) is 11.6. The average molecular weight is 276 g/mol. The van der Waals surface area contributed by atoms with Gasteiger partial charge in [0.2, 0.25) is 0 Å². The van der Waals surface area contributed by atoms with Gasteiger partial charge >= 0.3 is 11.9 Å². The Morgan fingerprint density at radius 2 is 1.65 bits per heavy atom. The number of ether oxygens (including phenoxy) is 2. The van der Waals surface area contributed by atoms with E-state index in [2.05, 4.69) is 11.3 Å². The molecule has 0 spiro atoms. The Balaban J connectivity index is 3.10. The normalized spacial score (nSPS) is 11.3. The second-order valence-electron chi connectivity index (χ2n) is 4.18. The number of ketones is 1. The van der Waals surface area contributed by atoms with Crippen molar-refractivity contribution in [2.75, 3.05) is 7.11 Å². The van der Waals surface area contributed by atoms with E-state index in [1.54, 1.807) is 24.3 Å². The van der Waals surface area contributed by atoms with Crippen LogP contribution in [0, 0.1) is 0 Å². The van der Waals surface area contributed by atoms with Crippen LogP contribution in [0.1, 0.15) is 35.9 Å². The molecule has 0 amide bonds. The van der Waals surface area contributed by atoms with Crippen molar-refractivity contribution in [3.05, 3.63) is 47.5 Å².